The van der Waals surface area contributed by atoms with E-state index >= 15 is 0 Å². The maximum Gasteiger partial charge on any atom is 0.319 e. The highest BCUT2D eigenvalue weighted by molar-refractivity contribution is 6.30. The molecule has 0 radical (unpaired) electrons. The topological polar surface area (TPSA) is 79.5 Å². The fraction of sp³-hybridized carbons (Fsp3) is 0.263. The number of nitrogens with one attached hydrogen (secondary N) is 3. The van der Waals surface area contributed by atoms with Gasteiger partial charge in [0, 0.05) is 30.9 Å². The van der Waals surface area contributed by atoms with Gasteiger partial charge in [-0.15, -0.1) is 0 Å². The Kier molecular flexibility index (Phi) is 7.92. The second-order valence-electron chi connectivity index (χ2n) is 5.65. The first kappa shape index (κ1) is 19.8. The van der Waals surface area contributed by atoms with Crippen LogP contribution in [-0.4, -0.2) is 32.2 Å². The van der Waals surface area contributed by atoms with E-state index in [9.17, 15) is 9.59 Å². The number of rotatable bonds is 8. The van der Waals surface area contributed by atoms with Crippen molar-refractivity contribution < 1.29 is 14.3 Å². The first-order chi connectivity index (χ1) is 12.6. The van der Waals surface area contributed by atoms with Gasteiger partial charge in [-0.2, -0.15) is 0 Å². The number of carbonyl (C=O) groups excluding carboxylic acids is 2. The molecule has 26 heavy (non-hydrogen) atoms. The summed E-state index contributed by atoms with van der Waals surface area (Å²) >= 11 is 5.83. The van der Waals surface area contributed by atoms with Gasteiger partial charge in [-0.05, 0) is 35.4 Å². The van der Waals surface area contributed by atoms with E-state index in [1.807, 2.05) is 24.3 Å². The third kappa shape index (κ3) is 7.13. The number of methoxy groups -OCH3 is 1. The van der Waals surface area contributed by atoms with Crippen molar-refractivity contribution in [2.24, 2.45) is 0 Å². The van der Waals surface area contributed by atoms with Crippen LogP contribution in [-0.2, 0) is 22.5 Å². The van der Waals surface area contributed by atoms with E-state index in [2.05, 4.69) is 16.0 Å². The zero-order chi connectivity index (χ0) is 18.8. The van der Waals surface area contributed by atoms with Gasteiger partial charge in [-0.25, -0.2) is 4.79 Å². The summed E-state index contributed by atoms with van der Waals surface area (Å²) in [4.78, 5) is 23.7. The average Bonchev–Trinajstić information content (AvgIpc) is 2.63. The molecular formula is C19H22ClN3O3. The lowest BCUT2D eigenvalue weighted by Crippen LogP contribution is -2.28. The maximum atomic E-state index is 11.9. The molecule has 0 fully saturated rings. The summed E-state index contributed by atoms with van der Waals surface area (Å²) in [5.41, 5.74) is 2.48. The van der Waals surface area contributed by atoms with Crippen molar-refractivity contribution in [1.82, 2.24) is 10.6 Å². The number of carbonyl (C=O) groups is 2. The Labute approximate surface area is 157 Å². The third-order valence-corrected chi connectivity index (χ3v) is 3.82. The van der Waals surface area contributed by atoms with Crippen molar-refractivity contribution in [3.8, 4) is 0 Å². The molecule has 0 unspecified atom stereocenters. The lowest BCUT2D eigenvalue weighted by Gasteiger charge is -2.09. The van der Waals surface area contributed by atoms with Crippen molar-refractivity contribution in [3.05, 3.63) is 64.7 Å². The first-order valence-corrected chi connectivity index (χ1v) is 8.58. The van der Waals surface area contributed by atoms with Gasteiger partial charge in [0.15, 0.2) is 0 Å². The van der Waals surface area contributed by atoms with Crippen molar-refractivity contribution >= 4 is 29.2 Å². The highest BCUT2D eigenvalue weighted by Gasteiger charge is 2.05. The monoisotopic (exact) mass is 375 g/mol. The standard InChI is InChI=1S/C19H22ClN3O3/c1-26-11-10-21-18(24)12-14-4-8-17(9-5-14)23-19(25)22-13-15-2-6-16(20)7-3-15/h2-9H,10-13H2,1H3,(H,21,24)(H2,22,23,25). The van der Waals surface area contributed by atoms with E-state index in [1.54, 1.807) is 31.4 Å². The molecule has 2 aromatic rings. The Morgan fingerprint density at radius 2 is 1.62 bits per heavy atom. The zero-order valence-corrected chi connectivity index (χ0v) is 15.3. The van der Waals surface area contributed by atoms with Crippen molar-refractivity contribution in [3.63, 3.8) is 0 Å². The van der Waals surface area contributed by atoms with Crippen LogP contribution in [0.3, 0.4) is 0 Å². The Morgan fingerprint density at radius 3 is 2.27 bits per heavy atom. The summed E-state index contributed by atoms with van der Waals surface area (Å²) in [6.45, 7) is 1.38. The minimum absolute atomic E-state index is 0.0662. The molecule has 0 atom stereocenters. The number of anilines is 1. The largest absolute Gasteiger partial charge is 0.383 e. The SMILES string of the molecule is COCCNC(=O)Cc1ccc(NC(=O)NCc2ccc(Cl)cc2)cc1. The summed E-state index contributed by atoms with van der Waals surface area (Å²) in [5.74, 6) is -0.0662. The lowest BCUT2D eigenvalue weighted by molar-refractivity contribution is -0.120. The highest BCUT2D eigenvalue weighted by atomic mass is 35.5. The summed E-state index contributed by atoms with van der Waals surface area (Å²) in [6.07, 6.45) is 0.284. The van der Waals surface area contributed by atoms with Crippen LogP contribution < -0.4 is 16.0 Å². The van der Waals surface area contributed by atoms with Gasteiger partial charge in [0.25, 0.3) is 0 Å². The molecule has 0 saturated carbocycles. The molecule has 3 N–H and O–H groups in total. The van der Waals surface area contributed by atoms with Gasteiger partial charge >= 0.3 is 6.03 Å². The number of hydrogen-bond donors (Lipinski definition) is 3. The molecule has 0 saturated heterocycles. The van der Waals surface area contributed by atoms with E-state index in [4.69, 9.17) is 16.3 Å². The third-order valence-electron chi connectivity index (χ3n) is 3.57. The van der Waals surface area contributed by atoms with Crippen LogP contribution >= 0.6 is 11.6 Å². The molecule has 2 rings (SSSR count). The summed E-state index contributed by atoms with van der Waals surface area (Å²) < 4.78 is 4.88. The number of benzene rings is 2. The van der Waals surface area contributed by atoms with Crippen molar-refractivity contribution in [2.45, 2.75) is 13.0 Å². The Hall–Kier alpha value is -2.57. The lowest BCUT2D eigenvalue weighted by atomic mass is 10.1. The van der Waals surface area contributed by atoms with E-state index in [0.29, 0.717) is 30.4 Å². The molecule has 0 heterocycles. The summed E-state index contributed by atoms with van der Waals surface area (Å²) in [6, 6.07) is 14.1. The smallest absolute Gasteiger partial charge is 0.319 e. The maximum absolute atomic E-state index is 11.9. The average molecular weight is 376 g/mol. The number of ether oxygens (including phenoxy) is 1. The van der Waals surface area contributed by atoms with Crippen LogP contribution in [0.4, 0.5) is 10.5 Å². The van der Waals surface area contributed by atoms with Gasteiger partial charge < -0.3 is 20.7 Å². The van der Waals surface area contributed by atoms with Crippen LogP contribution in [0.25, 0.3) is 0 Å². The van der Waals surface area contributed by atoms with Crippen LogP contribution in [0.2, 0.25) is 5.02 Å². The molecule has 138 valence electrons. The molecule has 0 spiro atoms. The van der Waals surface area contributed by atoms with Crippen molar-refractivity contribution in [1.29, 1.82) is 0 Å². The molecule has 0 bridgehead atoms. The van der Waals surface area contributed by atoms with Gasteiger partial charge in [0.05, 0.1) is 13.0 Å². The predicted octanol–water partition coefficient (Wildman–Crippen LogP) is 2.97. The first-order valence-electron chi connectivity index (χ1n) is 8.20. The van der Waals surface area contributed by atoms with Gasteiger partial charge in [0.1, 0.15) is 0 Å². The molecule has 0 aliphatic carbocycles. The van der Waals surface area contributed by atoms with Crippen LogP contribution in [0.5, 0.6) is 0 Å². The fourth-order valence-electron chi connectivity index (χ4n) is 2.21. The van der Waals surface area contributed by atoms with Gasteiger partial charge in [-0.1, -0.05) is 35.9 Å². The minimum Gasteiger partial charge on any atom is -0.383 e. The summed E-state index contributed by atoms with van der Waals surface area (Å²) in [7, 11) is 1.59. The second-order valence-corrected chi connectivity index (χ2v) is 6.09. The molecule has 6 nitrogen and oxygen atoms in total. The van der Waals surface area contributed by atoms with Gasteiger partial charge in [0.2, 0.25) is 5.91 Å². The van der Waals surface area contributed by atoms with E-state index in [0.717, 1.165) is 11.1 Å². The quantitative estimate of drug-likeness (QED) is 0.620. The van der Waals surface area contributed by atoms with Crippen LogP contribution in [0.15, 0.2) is 48.5 Å². The van der Waals surface area contributed by atoms with Gasteiger partial charge in [-0.3, -0.25) is 4.79 Å². The fourth-order valence-corrected chi connectivity index (χ4v) is 2.33. The summed E-state index contributed by atoms with van der Waals surface area (Å²) in [5, 5.41) is 8.95. The predicted molar refractivity (Wildman–Crippen MR) is 102 cm³/mol. The normalized spacial score (nSPS) is 10.2. The second kappa shape index (κ2) is 10.4. The Balaban J connectivity index is 1.76. The van der Waals surface area contributed by atoms with Crippen LogP contribution in [0.1, 0.15) is 11.1 Å². The molecule has 0 aromatic heterocycles. The number of amides is 3. The molecule has 2 aromatic carbocycles. The van der Waals surface area contributed by atoms with E-state index in [-0.39, 0.29) is 18.4 Å². The molecule has 0 aliphatic rings. The van der Waals surface area contributed by atoms with Crippen molar-refractivity contribution in [2.75, 3.05) is 25.6 Å². The highest BCUT2D eigenvalue weighted by Crippen LogP contribution is 2.11. The van der Waals surface area contributed by atoms with E-state index in [1.165, 1.54) is 0 Å². The molecular weight excluding hydrogens is 354 g/mol. The van der Waals surface area contributed by atoms with Crippen LogP contribution in [0, 0.1) is 0 Å². The molecule has 0 aliphatic heterocycles. The molecule has 3 amide bonds. The number of halogens is 1. The minimum atomic E-state index is -0.301. The Bertz CT molecular complexity index is 718. The number of hydrogen-bond acceptors (Lipinski definition) is 3. The molecule has 7 heteroatoms. The number of urea groups is 1. The zero-order valence-electron chi connectivity index (χ0n) is 14.5. The van der Waals surface area contributed by atoms with E-state index < -0.39 is 0 Å². The Morgan fingerprint density at radius 1 is 0.962 bits per heavy atom.